The summed E-state index contributed by atoms with van der Waals surface area (Å²) >= 11 is 0. The number of aryl methyl sites for hydroxylation is 1. The molecule has 0 aliphatic heterocycles. The van der Waals surface area contributed by atoms with Crippen LogP contribution in [-0.2, 0) is 6.42 Å². The highest BCUT2D eigenvalue weighted by molar-refractivity contribution is 5.15. The molecule has 14 heavy (non-hydrogen) atoms. The fourth-order valence-corrected chi connectivity index (χ4v) is 1.32. The van der Waals surface area contributed by atoms with Gasteiger partial charge in [0.1, 0.15) is 0 Å². The van der Waals surface area contributed by atoms with Crippen LogP contribution >= 0.6 is 0 Å². The predicted octanol–water partition coefficient (Wildman–Crippen LogP) is 2.78. The highest BCUT2D eigenvalue weighted by Gasteiger charge is 1.87. The summed E-state index contributed by atoms with van der Waals surface area (Å²) in [5.41, 5.74) is 1.42. The van der Waals surface area contributed by atoms with Crippen LogP contribution in [0.5, 0.6) is 0 Å². The summed E-state index contributed by atoms with van der Waals surface area (Å²) < 4.78 is 0. The van der Waals surface area contributed by atoms with E-state index in [2.05, 4.69) is 54.7 Å². The maximum absolute atomic E-state index is 3.26. The van der Waals surface area contributed by atoms with Crippen molar-refractivity contribution < 1.29 is 0 Å². The van der Waals surface area contributed by atoms with Crippen LogP contribution in [0.15, 0.2) is 42.5 Å². The van der Waals surface area contributed by atoms with E-state index in [1.807, 2.05) is 0 Å². The molecule has 0 aromatic heterocycles. The number of benzene rings is 1. The molecular formula is C13H19N. The Hall–Kier alpha value is -1.08. The summed E-state index contributed by atoms with van der Waals surface area (Å²) in [4.78, 5) is 0. The lowest BCUT2D eigenvalue weighted by atomic mass is 10.1. The Balaban J connectivity index is 2.12. The Labute approximate surface area is 86.8 Å². The summed E-state index contributed by atoms with van der Waals surface area (Å²) in [5.74, 6) is 0. The largest absolute Gasteiger partial charge is 0.314 e. The van der Waals surface area contributed by atoms with E-state index in [0.29, 0.717) is 0 Å². The van der Waals surface area contributed by atoms with Crippen molar-refractivity contribution in [3.8, 4) is 0 Å². The van der Waals surface area contributed by atoms with E-state index in [0.717, 1.165) is 25.9 Å². The van der Waals surface area contributed by atoms with Gasteiger partial charge in [-0.05, 0) is 24.9 Å². The molecule has 0 saturated carbocycles. The molecule has 0 aliphatic carbocycles. The fourth-order valence-electron chi connectivity index (χ4n) is 1.32. The van der Waals surface area contributed by atoms with Crippen LogP contribution in [0.3, 0.4) is 0 Å². The van der Waals surface area contributed by atoms with Crippen molar-refractivity contribution in [2.75, 3.05) is 13.1 Å². The summed E-state index contributed by atoms with van der Waals surface area (Å²) in [6.07, 6.45) is 6.72. The van der Waals surface area contributed by atoms with Crippen molar-refractivity contribution in [2.45, 2.75) is 19.8 Å². The zero-order valence-corrected chi connectivity index (χ0v) is 8.87. The number of hydrogen-bond donors (Lipinski definition) is 1. The summed E-state index contributed by atoms with van der Waals surface area (Å²) in [5, 5.41) is 3.26. The lowest BCUT2D eigenvalue weighted by Crippen LogP contribution is -2.11. The number of likely N-dealkylation sites (N-methyl/N-ethyl adjacent to an activating group) is 1. The lowest BCUT2D eigenvalue weighted by Gasteiger charge is -1.97. The molecule has 0 amide bonds. The topological polar surface area (TPSA) is 12.0 Å². The molecule has 1 nitrogen and oxygen atoms in total. The van der Waals surface area contributed by atoms with Gasteiger partial charge in [0.25, 0.3) is 0 Å². The van der Waals surface area contributed by atoms with E-state index in [1.54, 1.807) is 0 Å². The van der Waals surface area contributed by atoms with Crippen molar-refractivity contribution in [2.24, 2.45) is 0 Å². The van der Waals surface area contributed by atoms with Gasteiger partial charge in [-0.2, -0.15) is 0 Å². The van der Waals surface area contributed by atoms with E-state index in [1.165, 1.54) is 5.56 Å². The third-order valence-corrected chi connectivity index (χ3v) is 2.12. The Morgan fingerprint density at radius 1 is 1.14 bits per heavy atom. The molecule has 0 unspecified atom stereocenters. The molecule has 0 radical (unpaired) electrons. The summed E-state index contributed by atoms with van der Waals surface area (Å²) in [6, 6.07) is 10.6. The normalized spacial score (nSPS) is 10.9. The van der Waals surface area contributed by atoms with Crippen LogP contribution < -0.4 is 5.32 Å². The maximum Gasteiger partial charge on any atom is 0.0134 e. The minimum Gasteiger partial charge on any atom is -0.314 e. The van der Waals surface area contributed by atoms with E-state index >= 15 is 0 Å². The smallest absolute Gasteiger partial charge is 0.0134 e. The molecular weight excluding hydrogens is 170 g/mol. The molecule has 0 fully saturated rings. The van der Waals surface area contributed by atoms with Crippen molar-refractivity contribution in [3.63, 3.8) is 0 Å². The van der Waals surface area contributed by atoms with Gasteiger partial charge in [-0.25, -0.2) is 0 Å². The van der Waals surface area contributed by atoms with Gasteiger partial charge in [0.05, 0.1) is 0 Å². The van der Waals surface area contributed by atoms with Gasteiger partial charge in [0.2, 0.25) is 0 Å². The van der Waals surface area contributed by atoms with Crippen molar-refractivity contribution >= 4 is 0 Å². The quantitative estimate of drug-likeness (QED) is 0.536. The van der Waals surface area contributed by atoms with E-state index in [9.17, 15) is 0 Å². The van der Waals surface area contributed by atoms with Gasteiger partial charge < -0.3 is 5.32 Å². The third-order valence-electron chi connectivity index (χ3n) is 2.12. The third kappa shape index (κ3) is 4.83. The van der Waals surface area contributed by atoms with Crippen molar-refractivity contribution in [1.29, 1.82) is 0 Å². The molecule has 1 N–H and O–H groups in total. The fraction of sp³-hybridized carbons (Fsp3) is 0.385. The van der Waals surface area contributed by atoms with Crippen molar-refractivity contribution in [1.82, 2.24) is 5.32 Å². The van der Waals surface area contributed by atoms with Gasteiger partial charge in [-0.15, -0.1) is 0 Å². The molecule has 0 atom stereocenters. The van der Waals surface area contributed by atoms with Crippen LogP contribution in [0.2, 0.25) is 0 Å². The van der Waals surface area contributed by atoms with E-state index < -0.39 is 0 Å². The number of hydrogen-bond acceptors (Lipinski definition) is 1. The maximum atomic E-state index is 3.26. The second-order valence-corrected chi connectivity index (χ2v) is 3.30. The molecule has 76 valence electrons. The standard InChI is InChI=1S/C13H19N/c1-2-14-12-8-4-7-11-13-9-5-3-6-10-13/h3-6,8-10,14H,2,7,11-12H2,1H3. The van der Waals surface area contributed by atoms with Gasteiger partial charge >= 0.3 is 0 Å². The highest BCUT2D eigenvalue weighted by Crippen LogP contribution is 2.02. The zero-order chi connectivity index (χ0) is 10.1. The van der Waals surface area contributed by atoms with Gasteiger partial charge in [-0.1, -0.05) is 49.4 Å². The monoisotopic (exact) mass is 189 g/mol. The molecule has 1 heteroatoms. The van der Waals surface area contributed by atoms with Crippen molar-refractivity contribution in [3.05, 3.63) is 48.0 Å². The van der Waals surface area contributed by atoms with Crippen LogP contribution in [0.1, 0.15) is 18.9 Å². The Morgan fingerprint density at radius 2 is 1.93 bits per heavy atom. The zero-order valence-electron chi connectivity index (χ0n) is 8.87. The minimum atomic E-state index is 0.991. The molecule has 1 rings (SSSR count). The summed E-state index contributed by atoms with van der Waals surface area (Å²) in [6.45, 7) is 4.16. The van der Waals surface area contributed by atoms with Gasteiger partial charge in [-0.3, -0.25) is 0 Å². The first-order valence-corrected chi connectivity index (χ1v) is 5.33. The minimum absolute atomic E-state index is 0.991. The molecule has 0 aliphatic rings. The predicted molar refractivity (Wildman–Crippen MR) is 62.4 cm³/mol. The Morgan fingerprint density at radius 3 is 2.64 bits per heavy atom. The SMILES string of the molecule is CCNCC=CCCc1ccccc1. The molecule has 1 aromatic carbocycles. The molecule has 1 aromatic rings. The van der Waals surface area contributed by atoms with E-state index in [-0.39, 0.29) is 0 Å². The van der Waals surface area contributed by atoms with Crippen LogP contribution in [0.4, 0.5) is 0 Å². The molecule has 0 heterocycles. The first-order chi connectivity index (χ1) is 6.93. The second kappa shape index (κ2) is 7.34. The number of rotatable bonds is 6. The average molecular weight is 189 g/mol. The molecule has 0 bridgehead atoms. The second-order valence-electron chi connectivity index (χ2n) is 3.30. The number of nitrogens with one attached hydrogen (secondary N) is 1. The summed E-state index contributed by atoms with van der Waals surface area (Å²) in [7, 11) is 0. The number of allylic oxidation sites excluding steroid dienone is 1. The van der Waals surface area contributed by atoms with E-state index in [4.69, 9.17) is 0 Å². The lowest BCUT2D eigenvalue weighted by molar-refractivity contribution is 0.796. The molecule has 0 saturated heterocycles. The van der Waals surface area contributed by atoms with Gasteiger partial charge in [0.15, 0.2) is 0 Å². The van der Waals surface area contributed by atoms with Gasteiger partial charge in [0, 0.05) is 6.54 Å². The Bertz CT molecular complexity index is 251. The van der Waals surface area contributed by atoms with Crippen LogP contribution in [0.25, 0.3) is 0 Å². The first-order valence-electron chi connectivity index (χ1n) is 5.33. The highest BCUT2D eigenvalue weighted by atomic mass is 14.8. The first kappa shape index (κ1) is 11.0. The average Bonchev–Trinajstić information content (AvgIpc) is 2.25. The van der Waals surface area contributed by atoms with Crippen LogP contribution in [0, 0.1) is 0 Å². The molecule has 0 spiro atoms. The Kier molecular flexibility index (Phi) is 5.76. The van der Waals surface area contributed by atoms with Crippen LogP contribution in [-0.4, -0.2) is 13.1 Å².